The fraction of sp³-hybridized carbons (Fsp3) is 0.294. The molecule has 0 amide bonds. The Hall–Kier alpha value is -2.12. The molecule has 0 bridgehead atoms. The Bertz CT molecular complexity index is 678. The summed E-state index contributed by atoms with van der Waals surface area (Å²) < 4.78 is 51.1. The van der Waals surface area contributed by atoms with Crippen LogP contribution in [0.4, 0.5) is 13.2 Å². The van der Waals surface area contributed by atoms with Gasteiger partial charge in [0.15, 0.2) is 11.5 Å². The highest BCUT2D eigenvalue weighted by Gasteiger charge is 2.31. The molecule has 0 aromatic heterocycles. The maximum atomic E-state index is 12.2. The van der Waals surface area contributed by atoms with Crippen molar-refractivity contribution < 1.29 is 27.4 Å². The average molecular weight is 378 g/mol. The van der Waals surface area contributed by atoms with Gasteiger partial charge in [-0.2, -0.15) is 0 Å². The van der Waals surface area contributed by atoms with Crippen LogP contribution < -0.4 is 19.9 Å². The predicted octanol–water partition coefficient (Wildman–Crippen LogP) is 4.46. The molecule has 0 saturated carbocycles. The van der Waals surface area contributed by atoms with Crippen LogP contribution in [0.1, 0.15) is 24.1 Å². The summed E-state index contributed by atoms with van der Waals surface area (Å²) in [7, 11) is 1.54. The maximum Gasteiger partial charge on any atom is 0.573 e. The number of ether oxygens (including phenoxy) is 3. The van der Waals surface area contributed by atoms with Crippen LogP contribution in [0.2, 0.25) is 0 Å². The summed E-state index contributed by atoms with van der Waals surface area (Å²) in [6.07, 6.45) is -4.72. The lowest BCUT2D eigenvalue weighted by molar-refractivity contribution is -0.274. The predicted molar refractivity (Wildman–Crippen MR) is 90.6 cm³/mol. The van der Waals surface area contributed by atoms with Crippen molar-refractivity contribution in [2.24, 2.45) is 5.73 Å². The molecule has 0 spiro atoms. The van der Waals surface area contributed by atoms with Crippen LogP contribution in [-0.4, -0.2) is 20.1 Å². The SMILES string of the molecule is CCOc1cc([C@H](N)c2ccc(OC(F)(F)F)cc2)ccc1OC.Cl. The van der Waals surface area contributed by atoms with E-state index in [0.717, 1.165) is 5.56 Å². The van der Waals surface area contributed by atoms with E-state index in [4.69, 9.17) is 15.2 Å². The van der Waals surface area contributed by atoms with Crippen LogP contribution in [0.25, 0.3) is 0 Å². The van der Waals surface area contributed by atoms with Gasteiger partial charge in [-0.1, -0.05) is 18.2 Å². The number of methoxy groups -OCH3 is 1. The molecule has 0 aliphatic rings. The lowest BCUT2D eigenvalue weighted by Gasteiger charge is -2.16. The highest BCUT2D eigenvalue weighted by molar-refractivity contribution is 5.85. The van der Waals surface area contributed by atoms with Crippen molar-refractivity contribution in [2.75, 3.05) is 13.7 Å². The third-order valence-electron chi connectivity index (χ3n) is 3.32. The van der Waals surface area contributed by atoms with Crippen molar-refractivity contribution in [1.29, 1.82) is 0 Å². The van der Waals surface area contributed by atoms with Gasteiger partial charge in [0.1, 0.15) is 5.75 Å². The summed E-state index contributed by atoms with van der Waals surface area (Å²) >= 11 is 0. The molecular weight excluding hydrogens is 359 g/mol. The topological polar surface area (TPSA) is 53.7 Å². The smallest absolute Gasteiger partial charge is 0.493 e. The van der Waals surface area contributed by atoms with Gasteiger partial charge in [0.2, 0.25) is 0 Å². The Morgan fingerprint density at radius 3 is 2.12 bits per heavy atom. The first-order valence-corrected chi connectivity index (χ1v) is 7.26. The molecular formula is C17H19ClF3NO3. The van der Waals surface area contributed by atoms with E-state index in [1.54, 1.807) is 18.2 Å². The first-order chi connectivity index (χ1) is 11.3. The van der Waals surface area contributed by atoms with Gasteiger partial charge in [-0.05, 0) is 42.3 Å². The standard InChI is InChI=1S/C17H18F3NO3.ClH/c1-3-23-15-10-12(6-9-14(15)22-2)16(21)11-4-7-13(8-5-11)24-17(18,19)20;/h4-10,16H,3,21H2,1-2H3;1H/t16-;/m1./s1. The highest BCUT2D eigenvalue weighted by Crippen LogP contribution is 2.32. The second kappa shape index (κ2) is 8.82. The molecule has 0 unspecified atom stereocenters. The Balaban J connectivity index is 0.00000312. The molecule has 25 heavy (non-hydrogen) atoms. The zero-order chi connectivity index (χ0) is 17.7. The summed E-state index contributed by atoms with van der Waals surface area (Å²) in [5.74, 6) is 0.856. The molecule has 2 rings (SSSR count). The highest BCUT2D eigenvalue weighted by atomic mass is 35.5. The third kappa shape index (κ3) is 5.72. The second-order valence-corrected chi connectivity index (χ2v) is 4.94. The number of halogens is 4. The first-order valence-electron chi connectivity index (χ1n) is 7.26. The molecule has 0 aliphatic carbocycles. The monoisotopic (exact) mass is 377 g/mol. The van der Waals surface area contributed by atoms with E-state index in [2.05, 4.69) is 4.74 Å². The quantitative estimate of drug-likeness (QED) is 0.807. The minimum atomic E-state index is -4.72. The van der Waals surface area contributed by atoms with Crippen molar-refractivity contribution >= 4 is 12.4 Å². The van der Waals surface area contributed by atoms with E-state index in [9.17, 15) is 13.2 Å². The maximum absolute atomic E-state index is 12.2. The normalized spacial score (nSPS) is 12.1. The minimum absolute atomic E-state index is 0. The molecule has 138 valence electrons. The van der Waals surface area contributed by atoms with Gasteiger partial charge in [0, 0.05) is 0 Å². The van der Waals surface area contributed by atoms with Crippen LogP contribution in [-0.2, 0) is 0 Å². The first kappa shape index (κ1) is 20.9. The Kier molecular flexibility index (Phi) is 7.38. The van der Waals surface area contributed by atoms with Crippen LogP contribution in [0, 0.1) is 0 Å². The summed E-state index contributed by atoms with van der Waals surface area (Å²) in [6.45, 7) is 2.32. The average Bonchev–Trinajstić information content (AvgIpc) is 2.54. The zero-order valence-corrected chi connectivity index (χ0v) is 14.5. The van der Waals surface area contributed by atoms with Gasteiger partial charge in [-0.25, -0.2) is 0 Å². The minimum Gasteiger partial charge on any atom is -0.493 e. The lowest BCUT2D eigenvalue weighted by atomic mass is 9.99. The number of hydrogen-bond donors (Lipinski definition) is 1. The van der Waals surface area contributed by atoms with Crippen LogP contribution in [0.5, 0.6) is 17.2 Å². The van der Waals surface area contributed by atoms with Crippen molar-refractivity contribution in [3.05, 3.63) is 53.6 Å². The molecule has 0 saturated heterocycles. The summed E-state index contributed by atoms with van der Waals surface area (Å²) in [6, 6.07) is 10.2. The Morgan fingerprint density at radius 1 is 1.00 bits per heavy atom. The fourth-order valence-electron chi connectivity index (χ4n) is 2.22. The van der Waals surface area contributed by atoms with Crippen molar-refractivity contribution in [3.63, 3.8) is 0 Å². The fourth-order valence-corrected chi connectivity index (χ4v) is 2.22. The van der Waals surface area contributed by atoms with Gasteiger partial charge in [0.25, 0.3) is 0 Å². The molecule has 0 fully saturated rings. The second-order valence-electron chi connectivity index (χ2n) is 4.94. The van der Waals surface area contributed by atoms with Gasteiger partial charge >= 0.3 is 6.36 Å². The number of alkyl halides is 3. The molecule has 4 nitrogen and oxygen atoms in total. The van der Waals surface area contributed by atoms with Gasteiger partial charge in [0.05, 0.1) is 19.8 Å². The van der Waals surface area contributed by atoms with Gasteiger partial charge in [-0.3, -0.25) is 0 Å². The zero-order valence-electron chi connectivity index (χ0n) is 13.7. The third-order valence-corrected chi connectivity index (χ3v) is 3.32. The molecule has 1 atom stereocenters. The van der Waals surface area contributed by atoms with Gasteiger partial charge in [-0.15, -0.1) is 25.6 Å². The Morgan fingerprint density at radius 2 is 1.60 bits per heavy atom. The van der Waals surface area contributed by atoms with E-state index in [1.165, 1.54) is 31.4 Å². The van der Waals surface area contributed by atoms with E-state index in [0.29, 0.717) is 23.7 Å². The van der Waals surface area contributed by atoms with Crippen molar-refractivity contribution in [1.82, 2.24) is 0 Å². The molecule has 2 N–H and O–H groups in total. The summed E-state index contributed by atoms with van der Waals surface area (Å²) in [5.41, 5.74) is 7.59. The molecule has 0 heterocycles. The van der Waals surface area contributed by atoms with Crippen molar-refractivity contribution in [2.45, 2.75) is 19.3 Å². The molecule has 2 aromatic rings. The number of rotatable bonds is 6. The molecule has 2 aromatic carbocycles. The molecule has 8 heteroatoms. The largest absolute Gasteiger partial charge is 0.573 e. The van der Waals surface area contributed by atoms with E-state index >= 15 is 0 Å². The van der Waals surface area contributed by atoms with Crippen molar-refractivity contribution in [3.8, 4) is 17.2 Å². The summed E-state index contributed by atoms with van der Waals surface area (Å²) in [5, 5.41) is 0. The van der Waals surface area contributed by atoms with E-state index in [1.807, 2.05) is 6.92 Å². The Labute approximate surface area is 150 Å². The van der Waals surface area contributed by atoms with E-state index < -0.39 is 12.4 Å². The molecule has 0 aliphatic heterocycles. The number of nitrogens with two attached hydrogens (primary N) is 1. The summed E-state index contributed by atoms with van der Waals surface area (Å²) in [4.78, 5) is 0. The van der Waals surface area contributed by atoms with Crippen LogP contribution in [0.15, 0.2) is 42.5 Å². The number of benzene rings is 2. The lowest BCUT2D eigenvalue weighted by Crippen LogP contribution is -2.17. The van der Waals surface area contributed by atoms with Crippen LogP contribution in [0.3, 0.4) is 0 Å². The van der Waals surface area contributed by atoms with Crippen LogP contribution >= 0.6 is 12.4 Å². The number of hydrogen-bond acceptors (Lipinski definition) is 4. The van der Waals surface area contributed by atoms with Gasteiger partial charge < -0.3 is 19.9 Å². The molecule has 0 radical (unpaired) electrons. The van der Waals surface area contributed by atoms with E-state index in [-0.39, 0.29) is 18.2 Å².